The van der Waals surface area contributed by atoms with Gasteiger partial charge in [0.15, 0.2) is 0 Å². The van der Waals surface area contributed by atoms with E-state index in [-0.39, 0.29) is 0 Å². The molecule has 0 amide bonds. The highest BCUT2D eigenvalue weighted by atomic mass is 32.1. The van der Waals surface area contributed by atoms with Gasteiger partial charge in [0.25, 0.3) is 0 Å². The van der Waals surface area contributed by atoms with E-state index in [1.807, 2.05) is 23.6 Å². The van der Waals surface area contributed by atoms with E-state index < -0.39 is 0 Å². The highest BCUT2D eigenvalue weighted by Gasteiger charge is 2.17. The molecule has 3 nitrogen and oxygen atoms in total. The van der Waals surface area contributed by atoms with Crippen molar-refractivity contribution in [3.8, 4) is 22.5 Å². The van der Waals surface area contributed by atoms with Crippen molar-refractivity contribution in [3.63, 3.8) is 0 Å². The Balaban J connectivity index is 1.20. The molecule has 4 heteroatoms. The third-order valence-corrected chi connectivity index (χ3v) is 10.3. The van der Waals surface area contributed by atoms with Crippen molar-refractivity contribution < 1.29 is 0 Å². The number of hydrogen-bond donors (Lipinski definition) is 0. The lowest BCUT2D eigenvalue weighted by atomic mass is 9.98. The van der Waals surface area contributed by atoms with Crippen molar-refractivity contribution in [2.45, 2.75) is 0 Å². The second-order valence-corrected chi connectivity index (χ2v) is 12.7. The zero-order valence-electron chi connectivity index (χ0n) is 24.2. The maximum Gasteiger partial charge on any atom is 0.145 e. The highest BCUT2D eigenvalue weighted by molar-refractivity contribution is 7.26. The molecule has 4 heterocycles. The second-order valence-electron chi connectivity index (χ2n) is 11.6. The zero-order valence-corrected chi connectivity index (χ0v) is 25.0. The molecule has 0 saturated heterocycles. The van der Waals surface area contributed by atoms with Crippen LogP contribution < -0.4 is 0 Å². The summed E-state index contributed by atoms with van der Waals surface area (Å²) in [5.74, 6) is 0. The van der Waals surface area contributed by atoms with Gasteiger partial charge in [-0.15, -0.1) is 11.3 Å². The molecule has 0 atom stereocenters. The lowest BCUT2D eigenvalue weighted by molar-refractivity contribution is 1.14. The summed E-state index contributed by atoms with van der Waals surface area (Å²) in [7, 11) is 0. The second kappa shape index (κ2) is 9.39. The maximum absolute atomic E-state index is 4.81. The Morgan fingerprint density at radius 2 is 1.16 bits per heavy atom. The Kier molecular flexibility index (Phi) is 5.16. The fourth-order valence-electron chi connectivity index (χ4n) is 7.24. The topological polar surface area (TPSA) is 22.8 Å². The molecule has 10 aromatic rings. The third-order valence-electron chi connectivity index (χ3n) is 9.17. The van der Waals surface area contributed by atoms with E-state index in [2.05, 4.69) is 149 Å². The number of thiophene rings is 1. The number of hydrogen-bond acceptors (Lipinski definition) is 2. The van der Waals surface area contributed by atoms with Crippen LogP contribution in [0, 0.1) is 0 Å². The first-order valence-electron chi connectivity index (χ1n) is 15.2. The molecule has 0 aliphatic carbocycles. The van der Waals surface area contributed by atoms with Gasteiger partial charge in [-0.2, -0.15) is 0 Å². The molecule has 0 saturated carbocycles. The Morgan fingerprint density at radius 3 is 2.02 bits per heavy atom. The van der Waals surface area contributed by atoms with Crippen LogP contribution in [0.3, 0.4) is 0 Å². The van der Waals surface area contributed by atoms with E-state index in [9.17, 15) is 0 Å². The molecule has 6 aromatic carbocycles. The number of aromatic nitrogens is 3. The number of rotatable bonds is 3. The minimum absolute atomic E-state index is 0.988. The molecule has 0 unspecified atom stereocenters. The normalized spacial score (nSPS) is 12.0. The summed E-state index contributed by atoms with van der Waals surface area (Å²) in [4.78, 5) is 4.81. The third kappa shape index (κ3) is 3.54. The van der Waals surface area contributed by atoms with Crippen LogP contribution in [0.1, 0.15) is 0 Å². The van der Waals surface area contributed by atoms with Crippen molar-refractivity contribution in [1.29, 1.82) is 0 Å². The smallest absolute Gasteiger partial charge is 0.145 e. The maximum atomic E-state index is 4.81. The summed E-state index contributed by atoms with van der Waals surface area (Å²) in [6.07, 6.45) is 1.88. The number of fused-ring (bicyclic) bond motifs is 9. The first-order chi connectivity index (χ1) is 22.3. The van der Waals surface area contributed by atoms with Gasteiger partial charge in [-0.1, -0.05) is 84.9 Å². The Labute approximate surface area is 262 Å². The number of benzene rings is 6. The predicted molar refractivity (Wildman–Crippen MR) is 191 cm³/mol. The number of para-hydroxylation sites is 3. The summed E-state index contributed by atoms with van der Waals surface area (Å²) in [6, 6.07) is 52.7. The lowest BCUT2D eigenvalue weighted by Gasteiger charge is -2.10. The van der Waals surface area contributed by atoms with Crippen LogP contribution in [-0.2, 0) is 0 Å². The first-order valence-corrected chi connectivity index (χ1v) is 16.0. The van der Waals surface area contributed by atoms with Crippen LogP contribution in [0.25, 0.3) is 86.4 Å². The molecule has 0 aliphatic rings. The van der Waals surface area contributed by atoms with Gasteiger partial charge in [-0.3, -0.25) is 4.57 Å². The molecular weight excluding hydrogens is 567 g/mol. The van der Waals surface area contributed by atoms with Gasteiger partial charge in [0, 0.05) is 59.3 Å². The quantitative estimate of drug-likeness (QED) is 0.200. The van der Waals surface area contributed by atoms with Crippen LogP contribution in [-0.4, -0.2) is 14.1 Å². The standard InChI is InChI=1S/C41H25N3S/c1-2-10-27(11-3-1)43-35-16-6-4-12-30(35)32-21-19-26(24-37(32)43)29-14-8-18-38-40(29)34-22-20-28(25-39(34)45-38)44-36-17-7-5-13-31(36)33-15-9-23-42-41(33)44/h1-25H. The molecule has 0 N–H and O–H groups in total. The zero-order chi connectivity index (χ0) is 29.5. The molecular formula is C41H25N3S. The van der Waals surface area contributed by atoms with Crippen molar-refractivity contribution in [2.75, 3.05) is 0 Å². The van der Waals surface area contributed by atoms with E-state index in [1.54, 1.807) is 0 Å². The molecule has 10 rings (SSSR count). The minimum atomic E-state index is 0.988. The molecule has 45 heavy (non-hydrogen) atoms. The summed E-state index contributed by atoms with van der Waals surface area (Å²) < 4.78 is 7.26. The van der Waals surface area contributed by atoms with Gasteiger partial charge >= 0.3 is 0 Å². The summed E-state index contributed by atoms with van der Waals surface area (Å²) in [5, 5.41) is 7.54. The molecule has 4 aromatic heterocycles. The van der Waals surface area contributed by atoms with E-state index >= 15 is 0 Å². The van der Waals surface area contributed by atoms with Gasteiger partial charge in [0.1, 0.15) is 5.65 Å². The SMILES string of the molecule is c1ccc(-n2c3ccccc3c3ccc(-c4cccc5sc6cc(-n7c8ccccc8c8cccnc87)ccc6c45)cc32)cc1. The molecule has 0 aliphatic heterocycles. The van der Waals surface area contributed by atoms with Crippen molar-refractivity contribution in [2.24, 2.45) is 0 Å². The average Bonchev–Trinajstić information content (AvgIpc) is 3.75. The van der Waals surface area contributed by atoms with Gasteiger partial charge in [0.05, 0.1) is 16.6 Å². The predicted octanol–water partition coefficient (Wildman–Crippen LogP) is 11.3. The van der Waals surface area contributed by atoms with Gasteiger partial charge < -0.3 is 4.57 Å². The van der Waals surface area contributed by atoms with Crippen molar-refractivity contribution in [1.82, 2.24) is 14.1 Å². The summed E-state index contributed by atoms with van der Waals surface area (Å²) >= 11 is 1.86. The summed E-state index contributed by atoms with van der Waals surface area (Å²) in [6.45, 7) is 0. The number of nitrogens with zero attached hydrogens (tertiary/aromatic N) is 3. The first kappa shape index (κ1) is 24.7. The van der Waals surface area contributed by atoms with Crippen LogP contribution in [0.2, 0.25) is 0 Å². The van der Waals surface area contributed by atoms with Gasteiger partial charge in [-0.25, -0.2) is 4.98 Å². The Bertz CT molecular complexity index is 2710. The van der Waals surface area contributed by atoms with Crippen LogP contribution in [0.5, 0.6) is 0 Å². The van der Waals surface area contributed by atoms with Crippen LogP contribution >= 0.6 is 11.3 Å². The van der Waals surface area contributed by atoms with Crippen molar-refractivity contribution in [3.05, 3.63) is 152 Å². The van der Waals surface area contributed by atoms with E-state index in [0.717, 1.165) is 11.3 Å². The van der Waals surface area contributed by atoms with E-state index in [4.69, 9.17) is 4.98 Å². The molecule has 210 valence electrons. The fraction of sp³-hybridized carbons (Fsp3) is 0. The van der Waals surface area contributed by atoms with Crippen LogP contribution in [0.4, 0.5) is 0 Å². The average molecular weight is 592 g/mol. The fourth-order valence-corrected chi connectivity index (χ4v) is 8.41. The Morgan fingerprint density at radius 1 is 0.444 bits per heavy atom. The Hall–Kier alpha value is -5.71. The number of pyridine rings is 1. The molecule has 0 bridgehead atoms. The molecule has 0 fully saturated rings. The van der Waals surface area contributed by atoms with Crippen LogP contribution in [0.15, 0.2) is 152 Å². The van der Waals surface area contributed by atoms with Gasteiger partial charge in [0.2, 0.25) is 0 Å². The summed E-state index contributed by atoms with van der Waals surface area (Å²) in [5.41, 5.74) is 9.40. The van der Waals surface area contributed by atoms with E-state index in [0.29, 0.717) is 0 Å². The largest absolute Gasteiger partial charge is 0.309 e. The molecule has 0 spiro atoms. The minimum Gasteiger partial charge on any atom is -0.309 e. The van der Waals surface area contributed by atoms with E-state index in [1.165, 1.54) is 75.1 Å². The highest BCUT2D eigenvalue weighted by Crippen LogP contribution is 2.43. The lowest BCUT2D eigenvalue weighted by Crippen LogP contribution is -1.94. The van der Waals surface area contributed by atoms with Gasteiger partial charge in [-0.05, 0) is 71.8 Å². The molecule has 0 radical (unpaired) electrons. The monoisotopic (exact) mass is 591 g/mol. The van der Waals surface area contributed by atoms with Crippen molar-refractivity contribution >= 4 is 75.3 Å².